The normalized spacial score (nSPS) is 17.6. The monoisotopic (exact) mass is 461 g/mol. The first-order chi connectivity index (χ1) is 15.9. The van der Waals surface area contributed by atoms with E-state index in [4.69, 9.17) is 0 Å². The Hall–Kier alpha value is -3.92. The number of hydrogen-bond acceptors (Lipinski definition) is 7. The highest BCUT2D eigenvalue weighted by molar-refractivity contribution is 7.15. The fourth-order valence-corrected chi connectivity index (χ4v) is 4.68. The Balaban J connectivity index is 1.22. The first-order valence-corrected chi connectivity index (χ1v) is 11.2. The first kappa shape index (κ1) is 21.0. The van der Waals surface area contributed by atoms with Gasteiger partial charge in [-0.3, -0.25) is 24.1 Å². The van der Waals surface area contributed by atoms with Gasteiger partial charge in [-0.15, -0.1) is 10.2 Å². The number of anilines is 2. The van der Waals surface area contributed by atoms with E-state index in [2.05, 4.69) is 15.5 Å². The maximum Gasteiger partial charge on any atom is 0.261 e. The number of rotatable bonds is 5. The highest BCUT2D eigenvalue weighted by Gasteiger charge is 2.37. The van der Waals surface area contributed by atoms with Gasteiger partial charge in [0.25, 0.3) is 11.8 Å². The van der Waals surface area contributed by atoms with Gasteiger partial charge in [0.15, 0.2) is 0 Å². The zero-order chi connectivity index (χ0) is 23.1. The number of fused-ring (bicyclic) bond motifs is 1. The summed E-state index contributed by atoms with van der Waals surface area (Å²) in [6, 6.07) is 14.2. The third-order valence-corrected chi connectivity index (χ3v) is 6.53. The molecule has 2 aliphatic rings. The third-order valence-electron chi connectivity index (χ3n) is 5.71. The van der Waals surface area contributed by atoms with E-state index in [-0.39, 0.29) is 48.3 Å². The molecule has 0 bridgehead atoms. The van der Waals surface area contributed by atoms with Crippen LogP contribution in [0.25, 0.3) is 0 Å². The number of amides is 4. The smallest absolute Gasteiger partial charge is 0.261 e. The third kappa shape index (κ3) is 3.89. The molecule has 1 N–H and O–H groups in total. The van der Waals surface area contributed by atoms with E-state index in [0.717, 1.165) is 27.5 Å². The Bertz CT molecular complexity index is 1250. The minimum atomic E-state index is -0.512. The van der Waals surface area contributed by atoms with Gasteiger partial charge in [0.1, 0.15) is 5.01 Å². The van der Waals surface area contributed by atoms with Gasteiger partial charge in [-0.2, -0.15) is 0 Å². The van der Waals surface area contributed by atoms with Crippen molar-refractivity contribution < 1.29 is 19.2 Å². The number of nitrogens with zero attached hydrogens (tertiary/aromatic N) is 4. The molecule has 0 aliphatic carbocycles. The van der Waals surface area contributed by atoms with Crippen LogP contribution < -0.4 is 10.2 Å². The number of imide groups is 1. The molecule has 1 unspecified atom stereocenters. The van der Waals surface area contributed by atoms with E-state index in [1.807, 2.05) is 31.2 Å². The van der Waals surface area contributed by atoms with E-state index < -0.39 is 5.92 Å². The van der Waals surface area contributed by atoms with Crippen LogP contribution in [0.1, 0.15) is 37.7 Å². The number of carbonyl (C=O) groups is 4. The Kier molecular flexibility index (Phi) is 5.21. The standard InChI is InChI=1S/C23H19N5O4S/c1-13-6-8-15(9-7-13)27-11-14(10-19(27)29)20(30)24-23-26-25-18(33-23)12-28-21(31)16-4-2-3-5-17(16)22(28)32/h2-9,14H,10-12H2,1H3,(H,24,26,30). The molecule has 2 aliphatic heterocycles. The molecule has 1 atom stereocenters. The van der Waals surface area contributed by atoms with Gasteiger partial charge in [0.05, 0.1) is 23.6 Å². The summed E-state index contributed by atoms with van der Waals surface area (Å²) in [5.41, 5.74) is 2.59. The topological polar surface area (TPSA) is 113 Å². The molecular weight excluding hydrogens is 442 g/mol. The van der Waals surface area contributed by atoms with Gasteiger partial charge in [-0.25, -0.2) is 0 Å². The summed E-state index contributed by atoms with van der Waals surface area (Å²) in [6.07, 6.45) is 0.112. The van der Waals surface area contributed by atoms with E-state index in [0.29, 0.717) is 16.1 Å². The van der Waals surface area contributed by atoms with Crippen molar-refractivity contribution in [2.24, 2.45) is 5.92 Å². The van der Waals surface area contributed by atoms with E-state index in [1.54, 1.807) is 29.2 Å². The van der Waals surface area contributed by atoms with Crippen LogP contribution in [0, 0.1) is 12.8 Å². The Morgan fingerprint density at radius 1 is 1.03 bits per heavy atom. The molecule has 4 amide bonds. The van der Waals surface area contributed by atoms with E-state index in [9.17, 15) is 19.2 Å². The highest BCUT2D eigenvalue weighted by Crippen LogP contribution is 2.28. The summed E-state index contributed by atoms with van der Waals surface area (Å²) >= 11 is 1.09. The molecule has 2 aromatic carbocycles. The fraction of sp³-hybridized carbons (Fsp3) is 0.217. The van der Waals surface area contributed by atoms with Crippen LogP contribution >= 0.6 is 11.3 Å². The molecule has 1 saturated heterocycles. The summed E-state index contributed by atoms with van der Waals surface area (Å²) in [4.78, 5) is 52.9. The van der Waals surface area contributed by atoms with Crippen molar-refractivity contribution in [3.8, 4) is 0 Å². The second-order valence-electron chi connectivity index (χ2n) is 7.97. The number of nitrogens with one attached hydrogen (secondary N) is 1. The number of hydrogen-bond donors (Lipinski definition) is 1. The summed E-state index contributed by atoms with van der Waals surface area (Å²) < 4.78 is 0. The molecule has 166 valence electrons. The lowest BCUT2D eigenvalue weighted by molar-refractivity contribution is -0.122. The summed E-state index contributed by atoms with van der Waals surface area (Å²) in [5, 5.41) is 11.4. The molecule has 5 rings (SSSR count). The quantitative estimate of drug-likeness (QED) is 0.585. The maximum atomic E-state index is 12.7. The van der Waals surface area contributed by atoms with Crippen LogP contribution in [0.15, 0.2) is 48.5 Å². The predicted molar refractivity (Wildman–Crippen MR) is 121 cm³/mol. The molecule has 0 spiro atoms. The minimum Gasteiger partial charge on any atom is -0.312 e. The zero-order valence-electron chi connectivity index (χ0n) is 17.6. The van der Waals surface area contributed by atoms with Crippen molar-refractivity contribution in [1.82, 2.24) is 15.1 Å². The average Bonchev–Trinajstić information content (AvgIpc) is 3.48. The Morgan fingerprint density at radius 2 is 1.70 bits per heavy atom. The van der Waals surface area contributed by atoms with Gasteiger partial charge in [0, 0.05) is 18.7 Å². The molecule has 9 nitrogen and oxygen atoms in total. The average molecular weight is 462 g/mol. The van der Waals surface area contributed by atoms with Crippen molar-refractivity contribution >= 4 is 45.8 Å². The van der Waals surface area contributed by atoms with Gasteiger partial charge >= 0.3 is 0 Å². The Morgan fingerprint density at radius 3 is 2.36 bits per heavy atom. The number of aromatic nitrogens is 2. The summed E-state index contributed by atoms with van der Waals surface area (Å²) in [7, 11) is 0. The largest absolute Gasteiger partial charge is 0.312 e. The van der Waals surface area contributed by atoms with E-state index in [1.165, 1.54) is 0 Å². The van der Waals surface area contributed by atoms with Crippen LogP contribution in [0.3, 0.4) is 0 Å². The second kappa shape index (κ2) is 8.21. The van der Waals surface area contributed by atoms with Crippen LogP contribution in [0.2, 0.25) is 0 Å². The van der Waals surface area contributed by atoms with Crippen LogP contribution in [-0.2, 0) is 16.1 Å². The maximum absolute atomic E-state index is 12.7. The summed E-state index contributed by atoms with van der Waals surface area (Å²) in [5.74, 6) is -1.69. The molecule has 1 aromatic heterocycles. The van der Waals surface area contributed by atoms with Gasteiger partial charge in [-0.05, 0) is 31.2 Å². The van der Waals surface area contributed by atoms with Crippen molar-refractivity contribution in [1.29, 1.82) is 0 Å². The predicted octanol–water partition coefficient (Wildman–Crippen LogP) is 2.63. The molecular formula is C23H19N5O4S. The number of aryl methyl sites for hydroxylation is 1. The molecule has 1 fully saturated rings. The van der Waals surface area contributed by atoms with Crippen molar-refractivity contribution in [2.75, 3.05) is 16.8 Å². The van der Waals surface area contributed by atoms with Crippen molar-refractivity contribution in [2.45, 2.75) is 19.9 Å². The lowest BCUT2D eigenvalue weighted by atomic mass is 10.1. The highest BCUT2D eigenvalue weighted by atomic mass is 32.1. The van der Waals surface area contributed by atoms with Crippen LogP contribution in [-0.4, -0.2) is 45.3 Å². The zero-order valence-corrected chi connectivity index (χ0v) is 18.5. The Labute approximate surface area is 193 Å². The van der Waals surface area contributed by atoms with Crippen LogP contribution in [0.5, 0.6) is 0 Å². The fourth-order valence-electron chi connectivity index (χ4n) is 3.95. The first-order valence-electron chi connectivity index (χ1n) is 10.4. The van der Waals surface area contributed by atoms with Crippen molar-refractivity contribution in [3.63, 3.8) is 0 Å². The molecule has 0 saturated carbocycles. The van der Waals surface area contributed by atoms with E-state index >= 15 is 0 Å². The van der Waals surface area contributed by atoms with Gasteiger partial charge < -0.3 is 10.2 Å². The lowest BCUT2D eigenvalue weighted by Crippen LogP contribution is -2.29. The SMILES string of the molecule is Cc1ccc(N2CC(C(=O)Nc3nnc(CN4C(=O)c5ccccc5C4=O)s3)CC2=O)cc1. The second-order valence-corrected chi connectivity index (χ2v) is 9.04. The van der Waals surface area contributed by atoms with Gasteiger partial charge in [0.2, 0.25) is 16.9 Å². The van der Waals surface area contributed by atoms with Crippen LogP contribution in [0.4, 0.5) is 10.8 Å². The summed E-state index contributed by atoms with van der Waals surface area (Å²) in [6.45, 7) is 2.23. The molecule has 0 radical (unpaired) electrons. The van der Waals surface area contributed by atoms with Gasteiger partial charge in [-0.1, -0.05) is 41.2 Å². The minimum absolute atomic E-state index is 0.0248. The molecule has 3 aromatic rings. The number of carbonyl (C=O) groups excluding carboxylic acids is 4. The lowest BCUT2D eigenvalue weighted by Gasteiger charge is -2.16. The molecule has 33 heavy (non-hydrogen) atoms. The molecule has 10 heteroatoms. The number of benzene rings is 2. The van der Waals surface area contributed by atoms with Crippen molar-refractivity contribution in [3.05, 3.63) is 70.2 Å². The molecule has 3 heterocycles.